The van der Waals surface area contributed by atoms with Crippen LogP contribution in [0, 0.1) is 19.7 Å². The molecule has 0 radical (unpaired) electrons. The Hall–Kier alpha value is -3.68. The average Bonchev–Trinajstić information content (AvgIpc) is 3.11. The average molecular weight is 451 g/mol. The highest BCUT2D eigenvalue weighted by molar-refractivity contribution is 6.05. The molecule has 2 N–H and O–H groups in total. The van der Waals surface area contributed by atoms with Gasteiger partial charge in [-0.15, -0.1) is 0 Å². The van der Waals surface area contributed by atoms with E-state index in [1.165, 1.54) is 29.2 Å². The summed E-state index contributed by atoms with van der Waals surface area (Å²) in [6.45, 7) is 8.00. The number of hydrogen-bond acceptors (Lipinski definition) is 3. The van der Waals surface area contributed by atoms with Crippen molar-refractivity contribution in [3.63, 3.8) is 0 Å². The van der Waals surface area contributed by atoms with Crippen LogP contribution in [0.4, 0.5) is 14.9 Å². The highest BCUT2D eigenvalue weighted by atomic mass is 19.1. The quantitative estimate of drug-likeness (QED) is 0.730. The lowest BCUT2D eigenvalue weighted by Crippen LogP contribution is -2.47. The van der Waals surface area contributed by atoms with Crippen molar-refractivity contribution in [1.82, 2.24) is 15.1 Å². The summed E-state index contributed by atoms with van der Waals surface area (Å²) in [5.74, 6) is -1.07. The maximum absolute atomic E-state index is 13.6. The predicted molar refractivity (Wildman–Crippen MR) is 123 cm³/mol. The van der Waals surface area contributed by atoms with E-state index in [1.54, 1.807) is 11.8 Å². The number of halogens is 1. The zero-order valence-corrected chi connectivity index (χ0v) is 19.1. The van der Waals surface area contributed by atoms with E-state index < -0.39 is 17.9 Å². The Bertz CT molecular complexity index is 1160. The fourth-order valence-corrected chi connectivity index (χ4v) is 4.46. The SMILES string of the molecule is CCN1C(=O)N[C@@H](c2ccc(C)cc2C)C2=C1CN([C@H](C)C(=O)Nc1ccc(F)cc1)C2=O. The van der Waals surface area contributed by atoms with Crippen LogP contribution in [0.5, 0.6) is 0 Å². The number of rotatable bonds is 5. The molecule has 4 amide bonds. The Morgan fingerprint density at radius 2 is 1.88 bits per heavy atom. The number of amides is 4. The number of hydrogen-bond donors (Lipinski definition) is 2. The summed E-state index contributed by atoms with van der Waals surface area (Å²) in [4.78, 5) is 42.3. The smallest absolute Gasteiger partial charge is 0.322 e. The molecule has 2 aliphatic heterocycles. The molecule has 0 aromatic heterocycles. The Kier molecular flexibility index (Phi) is 5.93. The van der Waals surface area contributed by atoms with Gasteiger partial charge in [-0.2, -0.15) is 0 Å². The van der Waals surface area contributed by atoms with Crippen molar-refractivity contribution in [2.24, 2.45) is 0 Å². The molecule has 7 nitrogen and oxygen atoms in total. The maximum atomic E-state index is 13.6. The Morgan fingerprint density at radius 3 is 2.52 bits per heavy atom. The fraction of sp³-hybridized carbons (Fsp3) is 0.320. The van der Waals surface area contributed by atoms with Crippen molar-refractivity contribution in [3.8, 4) is 0 Å². The van der Waals surface area contributed by atoms with E-state index in [0.29, 0.717) is 23.5 Å². The van der Waals surface area contributed by atoms with Crippen LogP contribution in [0.25, 0.3) is 0 Å². The number of likely N-dealkylation sites (N-methyl/N-ethyl adjacent to an activating group) is 1. The lowest BCUT2D eigenvalue weighted by molar-refractivity contribution is -0.133. The van der Waals surface area contributed by atoms with Gasteiger partial charge in [0.2, 0.25) is 5.91 Å². The van der Waals surface area contributed by atoms with Crippen molar-refractivity contribution in [1.29, 1.82) is 0 Å². The van der Waals surface area contributed by atoms with E-state index in [2.05, 4.69) is 10.6 Å². The van der Waals surface area contributed by atoms with Crippen molar-refractivity contribution in [3.05, 3.63) is 76.2 Å². The molecule has 2 atom stereocenters. The number of nitrogens with zero attached hydrogens (tertiary/aromatic N) is 2. The molecule has 0 aliphatic carbocycles. The van der Waals surface area contributed by atoms with Crippen molar-refractivity contribution in [2.45, 2.75) is 39.8 Å². The molecule has 172 valence electrons. The molecule has 2 heterocycles. The fourth-order valence-electron chi connectivity index (χ4n) is 4.46. The first-order chi connectivity index (χ1) is 15.7. The number of aryl methyl sites for hydroxylation is 2. The highest BCUT2D eigenvalue weighted by Gasteiger charge is 2.46. The molecule has 0 fully saturated rings. The molecule has 0 saturated carbocycles. The van der Waals surface area contributed by atoms with Gasteiger partial charge in [0.25, 0.3) is 5.91 Å². The van der Waals surface area contributed by atoms with Gasteiger partial charge in [-0.3, -0.25) is 14.5 Å². The Morgan fingerprint density at radius 1 is 1.18 bits per heavy atom. The van der Waals surface area contributed by atoms with Crippen LogP contribution in [-0.4, -0.2) is 46.8 Å². The number of carbonyl (C=O) groups is 3. The third-order valence-corrected chi connectivity index (χ3v) is 6.26. The minimum atomic E-state index is -0.790. The van der Waals surface area contributed by atoms with Gasteiger partial charge in [0.15, 0.2) is 0 Å². The van der Waals surface area contributed by atoms with E-state index in [-0.39, 0.29) is 24.4 Å². The molecule has 0 bridgehead atoms. The second-order valence-corrected chi connectivity index (χ2v) is 8.45. The first-order valence-electron chi connectivity index (χ1n) is 11.0. The van der Waals surface area contributed by atoms with E-state index in [4.69, 9.17) is 0 Å². The van der Waals surface area contributed by atoms with Gasteiger partial charge in [0.1, 0.15) is 11.9 Å². The molecule has 0 saturated heterocycles. The summed E-state index contributed by atoms with van der Waals surface area (Å²) in [7, 11) is 0. The van der Waals surface area contributed by atoms with Crippen molar-refractivity contribution < 1.29 is 18.8 Å². The molecule has 33 heavy (non-hydrogen) atoms. The standard InChI is InChI=1S/C25H27FN4O3/c1-5-29-20-13-30(16(4)23(31)27-18-9-7-17(26)8-10-18)24(32)21(20)22(28-25(29)33)19-11-6-14(2)12-15(19)3/h6-12,16,22H,5,13H2,1-4H3,(H,27,31)(H,28,33)/t16-,22+/m1/s1. The van der Waals surface area contributed by atoms with Crippen LogP contribution >= 0.6 is 0 Å². The lowest BCUT2D eigenvalue weighted by Gasteiger charge is -2.33. The summed E-state index contributed by atoms with van der Waals surface area (Å²) in [6.07, 6.45) is 0. The van der Waals surface area contributed by atoms with Gasteiger partial charge in [-0.05, 0) is 63.1 Å². The van der Waals surface area contributed by atoms with Crippen LogP contribution in [0.2, 0.25) is 0 Å². The molecule has 0 unspecified atom stereocenters. The summed E-state index contributed by atoms with van der Waals surface area (Å²) in [5.41, 5.74) is 4.48. The van der Waals surface area contributed by atoms with Crippen molar-refractivity contribution >= 4 is 23.5 Å². The van der Waals surface area contributed by atoms with Gasteiger partial charge >= 0.3 is 6.03 Å². The van der Waals surface area contributed by atoms with Crippen LogP contribution in [0.1, 0.15) is 36.6 Å². The Balaban J connectivity index is 1.63. The summed E-state index contributed by atoms with van der Waals surface area (Å²) in [5, 5.41) is 5.70. The van der Waals surface area contributed by atoms with E-state index in [1.807, 2.05) is 39.0 Å². The third-order valence-electron chi connectivity index (χ3n) is 6.26. The van der Waals surface area contributed by atoms with Crippen LogP contribution in [-0.2, 0) is 9.59 Å². The molecule has 2 aromatic rings. The summed E-state index contributed by atoms with van der Waals surface area (Å²) >= 11 is 0. The van der Waals surface area contributed by atoms with Gasteiger partial charge in [-0.1, -0.05) is 23.8 Å². The lowest BCUT2D eigenvalue weighted by atomic mass is 9.91. The van der Waals surface area contributed by atoms with Crippen LogP contribution in [0.15, 0.2) is 53.7 Å². The number of urea groups is 1. The molecular formula is C25H27FN4O3. The topological polar surface area (TPSA) is 81.8 Å². The van der Waals surface area contributed by atoms with E-state index in [0.717, 1.165) is 16.7 Å². The van der Waals surface area contributed by atoms with Gasteiger partial charge in [-0.25, -0.2) is 9.18 Å². The molecule has 0 spiro atoms. The monoisotopic (exact) mass is 450 g/mol. The zero-order chi connectivity index (χ0) is 23.9. The van der Waals surface area contributed by atoms with E-state index in [9.17, 15) is 18.8 Å². The number of nitrogens with one attached hydrogen (secondary N) is 2. The number of benzene rings is 2. The molecule has 2 aromatic carbocycles. The number of carbonyl (C=O) groups excluding carboxylic acids is 3. The second-order valence-electron chi connectivity index (χ2n) is 8.45. The second kappa shape index (κ2) is 8.69. The highest BCUT2D eigenvalue weighted by Crippen LogP contribution is 2.38. The molecular weight excluding hydrogens is 423 g/mol. The summed E-state index contributed by atoms with van der Waals surface area (Å²) in [6, 6.07) is 9.71. The first-order valence-corrected chi connectivity index (χ1v) is 11.0. The first kappa shape index (κ1) is 22.5. The molecule has 4 rings (SSSR count). The van der Waals surface area contributed by atoms with Crippen LogP contribution < -0.4 is 10.6 Å². The van der Waals surface area contributed by atoms with Gasteiger partial charge < -0.3 is 15.5 Å². The number of anilines is 1. The van der Waals surface area contributed by atoms with Crippen LogP contribution in [0.3, 0.4) is 0 Å². The maximum Gasteiger partial charge on any atom is 0.322 e. The zero-order valence-electron chi connectivity index (χ0n) is 19.1. The third kappa shape index (κ3) is 4.08. The van der Waals surface area contributed by atoms with E-state index >= 15 is 0 Å². The van der Waals surface area contributed by atoms with Gasteiger partial charge in [0.05, 0.1) is 23.9 Å². The molecule has 2 aliphatic rings. The summed E-state index contributed by atoms with van der Waals surface area (Å²) < 4.78 is 13.2. The minimum absolute atomic E-state index is 0.162. The normalized spacial score (nSPS) is 18.9. The Labute approximate surface area is 192 Å². The van der Waals surface area contributed by atoms with Gasteiger partial charge in [0, 0.05) is 12.2 Å². The molecule has 8 heteroatoms. The van der Waals surface area contributed by atoms with Crippen molar-refractivity contribution in [2.75, 3.05) is 18.4 Å². The minimum Gasteiger partial charge on any atom is -0.326 e. The predicted octanol–water partition coefficient (Wildman–Crippen LogP) is 3.65. The largest absolute Gasteiger partial charge is 0.326 e.